The number of hydrogen-bond acceptors (Lipinski definition) is 5. The summed E-state index contributed by atoms with van der Waals surface area (Å²) in [6, 6.07) is 9.79. The third-order valence-corrected chi connectivity index (χ3v) is 4.42. The largest absolute Gasteiger partial charge is 0.324 e. The highest BCUT2D eigenvalue weighted by Gasteiger charge is 2.18. The molecule has 0 aliphatic heterocycles. The van der Waals surface area contributed by atoms with Gasteiger partial charge in [0.05, 0.1) is 5.39 Å². The van der Waals surface area contributed by atoms with Crippen LogP contribution in [0.15, 0.2) is 49.1 Å². The Morgan fingerprint density at radius 2 is 1.68 bits per heavy atom. The second-order valence-corrected chi connectivity index (χ2v) is 5.95. The Balaban J connectivity index is 1.93. The summed E-state index contributed by atoms with van der Waals surface area (Å²) in [5.74, 6) is 2.39. The quantitative estimate of drug-likeness (QED) is 0.617. The van der Waals surface area contributed by atoms with E-state index in [1.807, 2.05) is 37.3 Å². The molecule has 0 fully saturated rings. The van der Waals surface area contributed by atoms with Gasteiger partial charge in [0, 0.05) is 18.1 Å². The first-order chi connectivity index (χ1) is 12.2. The van der Waals surface area contributed by atoms with Crippen molar-refractivity contribution in [3.8, 4) is 5.82 Å². The topological polar surface area (TPSA) is 68.5 Å². The van der Waals surface area contributed by atoms with Crippen molar-refractivity contribution in [2.24, 2.45) is 0 Å². The monoisotopic (exact) mass is 330 g/mol. The smallest absolute Gasteiger partial charge is 0.151 e. The van der Waals surface area contributed by atoms with Gasteiger partial charge in [-0.3, -0.25) is 4.57 Å². The fourth-order valence-electron chi connectivity index (χ4n) is 2.99. The van der Waals surface area contributed by atoms with Gasteiger partial charge in [0.2, 0.25) is 0 Å². The van der Waals surface area contributed by atoms with Gasteiger partial charge in [0.25, 0.3) is 0 Å². The van der Waals surface area contributed by atoms with E-state index in [4.69, 9.17) is 0 Å². The maximum Gasteiger partial charge on any atom is 0.151 e. The lowest BCUT2D eigenvalue weighted by molar-refractivity contribution is 0.966. The van der Waals surface area contributed by atoms with Crippen LogP contribution in [0.2, 0.25) is 0 Å². The van der Waals surface area contributed by atoms with Gasteiger partial charge in [0.15, 0.2) is 5.65 Å². The number of aryl methyl sites for hydroxylation is 2. The lowest BCUT2D eigenvalue weighted by Crippen LogP contribution is -2.02. The molecule has 0 spiro atoms. The number of rotatable bonds is 3. The Bertz CT molecular complexity index is 1050. The second kappa shape index (κ2) is 5.98. The number of nitrogens with zero attached hydrogens (tertiary/aromatic N) is 5. The zero-order chi connectivity index (χ0) is 17.4. The fourth-order valence-corrected chi connectivity index (χ4v) is 2.99. The molecule has 124 valence electrons. The summed E-state index contributed by atoms with van der Waals surface area (Å²) in [5, 5.41) is 4.33. The molecule has 0 radical (unpaired) electrons. The standard InChI is InChI=1S/C19H18N6/c1-12-7-6-10-21-17(12)24-18-16-13(2)14(3)25(19(16)23-11-22-18)15-8-4-5-9-20-15/h4-11H,1-3H3,(H,21,22,23,24). The minimum absolute atomic E-state index is 0.752. The van der Waals surface area contributed by atoms with E-state index in [1.54, 1.807) is 18.7 Å². The predicted octanol–water partition coefficient (Wildman–Crippen LogP) is 3.88. The Kier molecular flexibility index (Phi) is 3.65. The van der Waals surface area contributed by atoms with E-state index in [0.717, 1.165) is 45.3 Å². The second-order valence-electron chi connectivity index (χ2n) is 5.95. The maximum atomic E-state index is 4.52. The first kappa shape index (κ1) is 15.3. The molecule has 4 heterocycles. The van der Waals surface area contributed by atoms with Crippen LogP contribution in [0, 0.1) is 20.8 Å². The minimum atomic E-state index is 0.752. The summed E-state index contributed by atoms with van der Waals surface area (Å²) >= 11 is 0. The average Bonchev–Trinajstić information content (AvgIpc) is 2.89. The summed E-state index contributed by atoms with van der Waals surface area (Å²) in [4.78, 5) is 17.8. The first-order valence-corrected chi connectivity index (χ1v) is 8.09. The molecule has 4 rings (SSSR count). The molecule has 0 aliphatic rings. The fraction of sp³-hybridized carbons (Fsp3) is 0.158. The van der Waals surface area contributed by atoms with Gasteiger partial charge in [0.1, 0.15) is 23.8 Å². The van der Waals surface area contributed by atoms with Gasteiger partial charge in [-0.2, -0.15) is 0 Å². The van der Waals surface area contributed by atoms with Crippen LogP contribution < -0.4 is 5.32 Å². The molecule has 0 bridgehead atoms. The normalized spacial score (nSPS) is 11.0. The summed E-state index contributed by atoms with van der Waals surface area (Å²) < 4.78 is 2.06. The van der Waals surface area contributed by atoms with Crippen LogP contribution in [0.4, 0.5) is 11.6 Å². The number of anilines is 2. The minimum Gasteiger partial charge on any atom is -0.324 e. The molecule has 25 heavy (non-hydrogen) atoms. The zero-order valence-corrected chi connectivity index (χ0v) is 14.4. The van der Waals surface area contributed by atoms with Crippen molar-refractivity contribution >= 4 is 22.7 Å². The molecule has 0 unspecified atom stereocenters. The molecule has 6 heteroatoms. The van der Waals surface area contributed by atoms with Crippen LogP contribution in [0.25, 0.3) is 16.9 Å². The van der Waals surface area contributed by atoms with E-state index in [-0.39, 0.29) is 0 Å². The average molecular weight is 330 g/mol. The summed E-state index contributed by atoms with van der Waals surface area (Å²) in [5.41, 5.74) is 4.11. The highest BCUT2D eigenvalue weighted by molar-refractivity contribution is 5.94. The van der Waals surface area contributed by atoms with Gasteiger partial charge >= 0.3 is 0 Å². The van der Waals surface area contributed by atoms with Gasteiger partial charge in [-0.25, -0.2) is 19.9 Å². The number of hydrogen-bond donors (Lipinski definition) is 1. The Morgan fingerprint density at radius 1 is 0.840 bits per heavy atom. The number of nitrogens with one attached hydrogen (secondary N) is 1. The van der Waals surface area contributed by atoms with Crippen LogP contribution in [0.5, 0.6) is 0 Å². The molecular weight excluding hydrogens is 312 g/mol. The number of pyridine rings is 2. The molecule has 0 saturated carbocycles. The molecule has 1 N–H and O–H groups in total. The maximum absolute atomic E-state index is 4.52. The molecule has 0 atom stereocenters. The Morgan fingerprint density at radius 3 is 2.44 bits per heavy atom. The zero-order valence-electron chi connectivity index (χ0n) is 14.4. The van der Waals surface area contributed by atoms with Crippen LogP contribution in [-0.4, -0.2) is 24.5 Å². The van der Waals surface area contributed by atoms with E-state index in [2.05, 4.69) is 43.7 Å². The molecule has 0 amide bonds. The van der Waals surface area contributed by atoms with Gasteiger partial charge in [-0.1, -0.05) is 12.1 Å². The SMILES string of the molecule is Cc1cccnc1Nc1ncnc2c1c(C)c(C)n2-c1ccccn1. The van der Waals surface area contributed by atoms with Crippen LogP contribution in [0.1, 0.15) is 16.8 Å². The third kappa shape index (κ3) is 2.52. The lowest BCUT2D eigenvalue weighted by atomic mass is 10.2. The van der Waals surface area contributed by atoms with Crippen molar-refractivity contribution in [2.75, 3.05) is 5.32 Å². The summed E-state index contributed by atoms with van der Waals surface area (Å²) in [6.07, 6.45) is 5.12. The van der Waals surface area contributed by atoms with E-state index in [9.17, 15) is 0 Å². The summed E-state index contributed by atoms with van der Waals surface area (Å²) in [6.45, 7) is 6.17. The third-order valence-electron chi connectivity index (χ3n) is 4.42. The van der Waals surface area contributed by atoms with Crippen LogP contribution >= 0.6 is 0 Å². The predicted molar refractivity (Wildman–Crippen MR) is 98.4 cm³/mol. The van der Waals surface area contributed by atoms with Crippen LogP contribution in [0.3, 0.4) is 0 Å². The molecule has 0 saturated heterocycles. The highest BCUT2D eigenvalue weighted by atomic mass is 15.1. The van der Waals surface area contributed by atoms with Crippen molar-refractivity contribution < 1.29 is 0 Å². The lowest BCUT2D eigenvalue weighted by Gasteiger charge is -2.09. The number of fused-ring (bicyclic) bond motifs is 1. The van der Waals surface area contributed by atoms with E-state index in [1.165, 1.54) is 0 Å². The van der Waals surface area contributed by atoms with Crippen molar-refractivity contribution in [1.29, 1.82) is 0 Å². The van der Waals surface area contributed by atoms with E-state index >= 15 is 0 Å². The number of aromatic nitrogens is 5. The van der Waals surface area contributed by atoms with Crippen molar-refractivity contribution in [1.82, 2.24) is 24.5 Å². The molecular formula is C19H18N6. The van der Waals surface area contributed by atoms with Crippen LogP contribution in [-0.2, 0) is 0 Å². The molecule has 0 aromatic carbocycles. The highest BCUT2D eigenvalue weighted by Crippen LogP contribution is 2.32. The van der Waals surface area contributed by atoms with Crippen molar-refractivity contribution in [3.63, 3.8) is 0 Å². The van der Waals surface area contributed by atoms with Gasteiger partial charge < -0.3 is 5.32 Å². The van der Waals surface area contributed by atoms with E-state index in [0.29, 0.717) is 0 Å². The molecule has 0 aliphatic carbocycles. The Labute approximate surface area is 145 Å². The van der Waals surface area contributed by atoms with E-state index < -0.39 is 0 Å². The molecule has 4 aromatic rings. The first-order valence-electron chi connectivity index (χ1n) is 8.09. The summed E-state index contributed by atoms with van der Waals surface area (Å²) in [7, 11) is 0. The van der Waals surface area contributed by atoms with Gasteiger partial charge in [-0.05, 0) is 50.1 Å². The van der Waals surface area contributed by atoms with Gasteiger partial charge in [-0.15, -0.1) is 0 Å². The van der Waals surface area contributed by atoms with Crippen molar-refractivity contribution in [2.45, 2.75) is 20.8 Å². The molecule has 6 nitrogen and oxygen atoms in total. The molecule has 4 aromatic heterocycles. The Hall–Kier alpha value is -3.28. The van der Waals surface area contributed by atoms with Crippen molar-refractivity contribution in [3.05, 3.63) is 65.9 Å².